The number of allylic oxidation sites excluding steroid dienone is 1. The first-order valence-electron chi connectivity index (χ1n) is 10.5. The molecular weight excluding hydrogens is 364 g/mol. The van der Waals surface area contributed by atoms with E-state index in [1.807, 2.05) is 31.2 Å². The van der Waals surface area contributed by atoms with Gasteiger partial charge in [-0.25, -0.2) is 9.97 Å². The largest absolute Gasteiger partial charge is 0.491 e. The van der Waals surface area contributed by atoms with Gasteiger partial charge in [-0.05, 0) is 45.9 Å². The summed E-state index contributed by atoms with van der Waals surface area (Å²) in [6, 6.07) is 7.71. The number of aromatic nitrogens is 2. The van der Waals surface area contributed by atoms with Crippen molar-refractivity contribution in [1.82, 2.24) is 14.9 Å². The lowest BCUT2D eigenvalue weighted by atomic mass is 9.96. The molecule has 2 atom stereocenters. The molecule has 160 valence electrons. The number of aryl methyl sites for hydroxylation is 1. The smallest absolute Gasteiger partial charge is 0.128 e. The molecule has 2 heterocycles. The Hall–Kier alpha value is -2.18. The van der Waals surface area contributed by atoms with Crippen LogP contribution < -0.4 is 10.1 Å². The minimum Gasteiger partial charge on any atom is -0.491 e. The number of hydrogen-bond donors (Lipinski definition) is 1. The summed E-state index contributed by atoms with van der Waals surface area (Å²) in [6.45, 7) is 11.3. The van der Waals surface area contributed by atoms with Crippen LogP contribution in [0.4, 0.5) is 5.82 Å². The Morgan fingerprint density at radius 3 is 2.86 bits per heavy atom. The van der Waals surface area contributed by atoms with Gasteiger partial charge in [-0.1, -0.05) is 32.1 Å². The number of rotatable bonds is 8. The Morgan fingerprint density at radius 1 is 1.31 bits per heavy atom. The molecule has 1 aromatic rings. The summed E-state index contributed by atoms with van der Waals surface area (Å²) in [6.07, 6.45) is 7.93. The molecule has 0 radical (unpaired) electrons. The fourth-order valence-electron chi connectivity index (χ4n) is 3.01. The van der Waals surface area contributed by atoms with E-state index < -0.39 is 0 Å². The van der Waals surface area contributed by atoms with Crippen molar-refractivity contribution in [2.75, 3.05) is 38.7 Å². The third-order valence-electron chi connectivity index (χ3n) is 5.35. The maximum atomic E-state index is 6.06. The van der Waals surface area contributed by atoms with E-state index >= 15 is 0 Å². The van der Waals surface area contributed by atoms with Crippen molar-refractivity contribution in [3.63, 3.8) is 0 Å². The van der Waals surface area contributed by atoms with Crippen molar-refractivity contribution in [2.24, 2.45) is 0 Å². The fourth-order valence-corrected chi connectivity index (χ4v) is 3.01. The van der Waals surface area contributed by atoms with Crippen LogP contribution in [0.5, 0.6) is 5.75 Å². The van der Waals surface area contributed by atoms with Gasteiger partial charge in [0.15, 0.2) is 0 Å². The van der Waals surface area contributed by atoms with Gasteiger partial charge in [-0.3, -0.25) is 4.90 Å². The molecule has 1 N–H and O–H groups in total. The Kier molecular flexibility index (Phi) is 9.35. The molecule has 0 amide bonds. The highest BCUT2D eigenvalue weighted by molar-refractivity contribution is 5.33. The number of anilines is 1. The second-order valence-corrected chi connectivity index (χ2v) is 7.71. The first kappa shape index (κ1) is 23.1. The van der Waals surface area contributed by atoms with Crippen molar-refractivity contribution in [3.8, 4) is 5.75 Å². The van der Waals surface area contributed by atoms with E-state index in [1.165, 1.54) is 0 Å². The first-order valence-corrected chi connectivity index (χ1v) is 10.5. The summed E-state index contributed by atoms with van der Waals surface area (Å²) >= 11 is 0. The summed E-state index contributed by atoms with van der Waals surface area (Å²) in [4.78, 5) is 11.1. The second kappa shape index (κ2) is 11.7. The Labute approximate surface area is 175 Å². The summed E-state index contributed by atoms with van der Waals surface area (Å²) in [5.41, 5.74) is 0.940. The molecule has 0 aromatic carbocycles. The van der Waals surface area contributed by atoms with E-state index in [9.17, 15) is 0 Å². The topological polar surface area (TPSA) is 59.5 Å². The summed E-state index contributed by atoms with van der Waals surface area (Å²) < 4.78 is 12.1. The number of ether oxygens (including phenoxy) is 2. The predicted molar refractivity (Wildman–Crippen MR) is 119 cm³/mol. The van der Waals surface area contributed by atoms with Crippen LogP contribution in [0.3, 0.4) is 0 Å². The Morgan fingerprint density at radius 2 is 2.14 bits per heavy atom. The molecule has 1 aliphatic rings. The number of likely N-dealkylation sites (N-methyl/N-ethyl adjacent to an activating group) is 1. The van der Waals surface area contributed by atoms with Gasteiger partial charge in [-0.15, -0.1) is 0 Å². The van der Waals surface area contributed by atoms with Gasteiger partial charge in [0, 0.05) is 30.4 Å². The molecule has 29 heavy (non-hydrogen) atoms. The molecule has 6 nitrogen and oxygen atoms in total. The zero-order valence-corrected chi connectivity index (χ0v) is 18.5. The van der Waals surface area contributed by atoms with Crippen molar-refractivity contribution < 1.29 is 9.47 Å². The molecule has 0 saturated carbocycles. The SMILES string of the molecule is CC/C=C/CNc1cccc(OCC2CN(C)C(C)(CC)CO2)cc(C)ncn1. The van der Waals surface area contributed by atoms with Crippen LogP contribution in [0.15, 0.2) is 42.7 Å². The van der Waals surface area contributed by atoms with Gasteiger partial charge >= 0.3 is 0 Å². The standard InChI is InChI=1S/C23H36N4O2/c1-6-8-9-13-24-22-12-10-11-20(14-19(3)25-18-26-22)28-16-21-15-27(5)23(4,7-2)17-29-21/h8-12,14,18,21H,6-7,13,15-17H2,1-5H3,(H,24,25,26)/b9-8+. The quantitative estimate of drug-likeness (QED) is 0.661. The van der Waals surface area contributed by atoms with Crippen molar-refractivity contribution in [3.05, 3.63) is 48.4 Å². The highest BCUT2D eigenvalue weighted by Gasteiger charge is 2.35. The number of morpholine rings is 1. The van der Waals surface area contributed by atoms with Gasteiger partial charge in [-0.2, -0.15) is 0 Å². The van der Waals surface area contributed by atoms with Crippen molar-refractivity contribution >= 4 is 5.82 Å². The van der Waals surface area contributed by atoms with E-state index in [0.717, 1.165) is 49.8 Å². The van der Waals surface area contributed by atoms with Gasteiger partial charge in [0.1, 0.15) is 30.6 Å². The summed E-state index contributed by atoms with van der Waals surface area (Å²) in [7, 11) is 2.16. The van der Waals surface area contributed by atoms with Crippen LogP contribution in [0.1, 0.15) is 39.3 Å². The summed E-state index contributed by atoms with van der Waals surface area (Å²) in [5, 5.41) is 3.27. The Bertz CT molecular complexity index is 724. The normalized spacial score (nSPS) is 22.3. The second-order valence-electron chi connectivity index (χ2n) is 7.71. The summed E-state index contributed by atoms with van der Waals surface area (Å²) in [5.74, 6) is 1.52. The number of nitrogens with one attached hydrogen (secondary N) is 1. The highest BCUT2D eigenvalue weighted by atomic mass is 16.5. The molecule has 0 aliphatic carbocycles. The molecule has 2 rings (SSSR count). The van der Waals surface area contributed by atoms with E-state index in [4.69, 9.17) is 9.47 Å². The zero-order chi connectivity index (χ0) is 21.1. The molecule has 1 aliphatic heterocycles. The molecule has 0 bridgehead atoms. The monoisotopic (exact) mass is 400 g/mol. The number of nitrogens with zero attached hydrogens (tertiary/aromatic N) is 3. The first-order chi connectivity index (χ1) is 14.0. The molecule has 6 heteroatoms. The third kappa shape index (κ3) is 7.63. The van der Waals surface area contributed by atoms with Crippen molar-refractivity contribution in [2.45, 2.75) is 52.2 Å². The van der Waals surface area contributed by atoms with Crippen LogP contribution in [0, 0.1) is 6.92 Å². The average Bonchev–Trinajstić information content (AvgIpc) is 2.71. The molecule has 1 saturated heterocycles. The fraction of sp³-hybridized carbons (Fsp3) is 0.565. The van der Waals surface area contributed by atoms with E-state index in [2.05, 4.69) is 60.2 Å². The van der Waals surface area contributed by atoms with E-state index in [1.54, 1.807) is 6.33 Å². The van der Waals surface area contributed by atoms with Gasteiger partial charge in [0.2, 0.25) is 0 Å². The molecule has 1 aromatic heterocycles. The van der Waals surface area contributed by atoms with Crippen LogP contribution in [0.25, 0.3) is 0 Å². The lowest BCUT2D eigenvalue weighted by Crippen LogP contribution is -2.56. The third-order valence-corrected chi connectivity index (χ3v) is 5.35. The van der Waals surface area contributed by atoms with E-state index in [0.29, 0.717) is 6.61 Å². The molecule has 0 spiro atoms. The molecular formula is C23H36N4O2. The average molecular weight is 401 g/mol. The highest BCUT2D eigenvalue weighted by Crippen LogP contribution is 2.24. The lowest BCUT2D eigenvalue weighted by Gasteiger charge is -2.44. The van der Waals surface area contributed by atoms with Crippen molar-refractivity contribution in [1.29, 1.82) is 0 Å². The molecule has 2 unspecified atom stereocenters. The van der Waals surface area contributed by atoms with Crippen LogP contribution in [0.2, 0.25) is 0 Å². The Balaban J connectivity index is 2.04. The van der Waals surface area contributed by atoms with Crippen LogP contribution >= 0.6 is 0 Å². The van der Waals surface area contributed by atoms with Gasteiger partial charge in [0.25, 0.3) is 0 Å². The number of hydrogen-bond acceptors (Lipinski definition) is 6. The maximum absolute atomic E-state index is 6.06. The maximum Gasteiger partial charge on any atom is 0.128 e. The van der Waals surface area contributed by atoms with Crippen LogP contribution in [-0.4, -0.2) is 59.9 Å². The molecule has 1 fully saturated rings. The minimum absolute atomic E-state index is 0.0567. The predicted octanol–water partition coefficient (Wildman–Crippen LogP) is 4.17. The lowest BCUT2D eigenvalue weighted by molar-refractivity contribution is -0.108. The van der Waals surface area contributed by atoms with Gasteiger partial charge in [0.05, 0.1) is 6.61 Å². The van der Waals surface area contributed by atoms with Crippen LogP contribution in [-0.2, 0) is 4.74 Å². The van der Waals surface area contributed by atoms with Gasteiger partial charge < -0.3 is 14.8 Å². The minimum atomic E-state index is 0.0567. The van der Waals surface area contributed by atoms with E-state index in [-0.39, 0.29) is 11.6 Å². The zero-order valence-electron chi connectivity index (χ0n) is 18.5.